The van der Waals surface area contributed by atoms with Gasteiger partial charge in [0.25, 0.3) is 10.0 Å². The van der Waals surface area contributed by atoms with Crippen LogP contribution in [0.3, 0.4) is 0 Å². The molecule has 0 radical (unpaired) electrons. The molecule has 3 aromatic carbocycles. The van der Waals surface area contributed by atoms with Crippen molar-refractivity contribution in [2.24, 2.45) is 0 Å². The van der Waals surface area contributed by atoms with Crippen LogP contribution in [-0.2, 0) is 19.6 Å². The van der Waals surface area contributed by atoms with Crippen LogP contribution in [0, 0.1) is 20.8 Å². The average Bonchev–Trinajstić information content (AvgIpc) is 3.26. The smallest absolute Gasteiger partial charge is 0.264 e. The Labute approximate surface area is 206 Å². The van der Waals surface area contributed by atoms with E-state index in [-0.39, 0.29) is 10.8 Å². The van der Waals surface area contributed by atoms with Gasteiger partial charge in [-0.2, -0.15) is 0 Å². The predicted octanol–water partition coefficient (Wildman–Crippen LogP) is 4.57. The zero-order chi connectivity index (χ0) is 25.2. The Kier molecular flexibility index (Phi) is 6.93. The summed E-state index contributed by atoms with van der Waals surface area (Å²) in [6.45, 7) is 6.01. The second-order valence-corrected chi connectivity index (χ2v) is 10.7. The third kappa shape index (κ3) is 5.22. The minimum absolute atomic E-state index is 0.0615. The number of rotatable bonds is 7. The number of carbonyl (C=O) groups excluding carboxylic acids is 2. The molecule has 1 saturated heterocycles. The SMILES string of the molecule is Cc1ccc(N(CC(=O)Nc2ccc(C)c(N3CCCC3=O)c2)S(=O)(=O)c2ccccc2)cc1C. The van der Waals surface area contributed by atoms with Crippen LogP contribution in [0.2, 0.25) is 0 Å². The summed E-state index contributed by atoms with van der Waals surface area (Å²) >= 11 is 0. The van der Waals surface area contributed by atoms with Crippen molar-refractivity contribution in [3.05, 3.63) is 83.4 Å². The van der Waals surface area contributed by atoms with Crippen LogP contribution in [0.1, 0.15) is 29.5 Å². The summed E-state index contributed by atoms with van der Waals surface area (Å²) in [5.74, 6) is -0.420. The van der Waals surface area contributed by atoms with Crippen molar-refractivity contribution in [2.75, 3.05) is 27.6 Å². The van der Waals surface area contributed by atoms with E-state index in [0.717, 1.165) is 33.1 Å². The average molecular weight is 492 g/mol. The number of benzene rings is 3. The first-order valence-corrected chi connectivity index (χ1v) is 13.0. The van der Waals surface area contributed by atoms with Gasteiger partial charge in [-0.15, -0.1) is 0 Å². The summed E-state index contributed by atoms with van der Waals surface area (Å²) in [6, 6.07) is 18.8. The number of nitrogens with one attached hydrogen (secondary N) is 1. The van der Waals surface area contributed by atoms with Crippen LogP contribution in [0.25, 0.3) is 0 Å². The van der Waals surface area contributed by atoms with Crippen LogP contribution in [0.4, 0.5) is 17.1 Å². The standard InChI is InChI=1S/C27H29N3O4S/c1-19-12-14-23(16-21(19)3)30(35(33,34)24-8-5-4-6-9-24)18-26(31)28-22-13-11-20(2)25(17-22)29-15-7-10-27(29)32/h4-6,8-9,11-14,16-17H,7,10,15,18H2,1-3H3,(H,28,31). The topological polar surface area (TPSA) is 86.8 Å². The van der Waals surface area contributed by atoms with Crippen molar-refractivity contribution in [1.29, 1.82) is 0 Å². The number of hydrogen-bond acceptors (Lipinski definition) is 4. The lowest BCUT2D eigenvalue weighted by Gasteiger charge is -2.25. The van der Waals surface area contributed by atoms with Crippen molar-refractivity contribution in [2.45, 2.75) is 38.5 Å². The number of sulfonamides is 1. The first kappa shape index (κ1) is 24.5. The van der Waals surface area contributed by atoms with Crippen LogP contribution in [0.15, 0.2) is 71.6 Å². The Morgan fingerprint density at radius 1 is 0.943 bits per heavy atom. The molecule has 1 N–H and O–H groups in total. The van der Waals surface area contributed by atoms with Crippen molar-refractivity contribution >= 4 is 38.9 Å². The maximum absolute atomic E-state index is 13.5. The van der Waals surface area contributed by atoms with E-state index < -0.39 is 22.5 Å². The van der Waals surface area contributed by atoms with E-state index in [1.165, 1.54) is 12.1 Å². The molecule has 0 bridgehead atoms. The monoisotopic (exact) mass is 491 g/mol. The van der Waals surface area contributed by atoms with E-state index in [1.807, 2.05) is 32.9 Å². The summed E-state index contributed by atoms with van der Waals surface area (Å²) in [6.07, 6.45) is 1.31. The zero-order valence-corrected chi connectivity index (χ0v) is 20.9. The van der Waals surface area contributed by atoms with Gasteiger partial charge in [0.1, 0.15) is 6.54 Å². The molecule has 8 heteroatoms. The number of carbonyl (C=O) groups is 2. The molecule has 4 rings (SSSR count). The molecule has 1 fully saturated rings. The molecule has 1 heterocycles. The number of nitrogens with zero attached hydrogens (tertiary/aromatic N) is 2. The lowest BCUT2D eigenvalue weighted by Crippen LogP contribution is -2.38. The van der Waals surface area contributed by atoms with Crippen LogP contribution >= 0.6 is 0 Å². The Bertz CT molecular complexity index is 1370. The van der Waals surface area contributed by atoms with E-state index in [9.17, 15) is 18.0 Å². The molecule has 7 nitrogen and oxygen atoms in total. The molecule has 0 aromatic heterocycles. The number of hydrogen-bond donors (Lipinski definition) is 1. The molecule has 3 aromatic rings. The summed E-state index contributed by atoms with van der Waals surface area (Å²) < 4.78 is 28.2. The van der Waals surface area contributed by atoms with Crippen molar-refractivity contribution in [1.82, 2.24) is 0 Å². The fraction of sp³-hybridized carbons (Fsp3) is 0.259. The molecule has 1 aliphatic rings. The highest BCUT2D eigenvalue weighted by Gasteiger charge is 2.28. The number of anilines is 3. The van der Waals surface area contributed by atoms with E-state index >= 15 is 0 Å². The highest BCUT2D eigenvalue weighted by atomic mass is 32.2. The summed E-state index contributed by atoms with van der Waals surface area (Å²) in [5, 5.41) is 2.81. The molecule has 35 heavy (non-hydrogen) atoms. The molecule has 0 saturated carbocycles. The largest absolute Gasteiger partial charge is 0.324 e. The molecular weight excluding hydrogens is 462 g/mol. The number of amides is 2. The lowest BCUT2D eigenvalue weighted by atomic mass is 10.1. The summed E-state index contributed by atoms with van der Waals surface area (Å²) in [4.78, 5) is 27.2. The molecule has 182 valence electrons. The fourth-order valence-corrected chi connectivity index (χ4v) is 5.56. The second kappa shape index (κ2) is 9.92. The molecule has 0 unspecified atom stereocenters. The minimum atomic E-state index is -3.99. The molecule has 2 amide bonds. The Balaban J connectivity index is 1.63. The van der Waals surface area contributed by atoms with Gasteiger partial charge in [0.2, 0.25) is 11.8 Å². The summed E-state index contributed by atoms with van der Waals surface area (Å²) in [7, 11) is -3.99. The summed E-state index contributed by atoms with van der Waals surface area (Å²) in [5.41, 5.74) is 4.57. The van der Waals surface area contributed by atoms with E-state index in [1.54, 1.807) is 47.4 Å². The molecular formula is C27H29N3O4S. The van der Waals surface area contributed by atoms with Gasteiger partial charge >= 0.3 is 0 Å². The van der Waals surface area contributed by atoms with Gasteiger partial charge in [-0.3, -0.25) is 13.9 Å². The third-order valence-corrected chi connectivity index (χ3v) is 8.04. The highest BCUT2D eigenvalue weighted by molar-refractivity contribution is 7.92. The normalized spacial score (nSPS) is 13.7. The lowest BCUT2D eigenvalue weighted by molar-refractivity contribution is -0.117. The van der Waals surface area contributed by atoms with Gasteiger partial charge in [0.05, 0.1) is 10.6 Å². The maximum atomic E-state index is 13.5. The first-order valence-electron chi connectivity index (χ1n) is 11.5. The van der Waals surface area contributed by atoms with Gasteiger partial charge in [-0.05, 0) is 80.3 Å². The van der Waals surface area contributed by atoms with E-state index in [2.05, 4.69) is 5.32 Å². The molecule has 0 spiro atoms. The Hall–Kier alpha value is -3.65. The first-order chi connectivity index (χ1) is 16.7. The van der Waals surface area contributed by atoms with Crippen molar-refractivity contribution < 1.29 is 18.0 Å². The van der Waals surface area contributed by atoms with Gasteiger partial charge in [-0.25, -0.2) is 8.42 Å². The van der Waals surface area contributed by atoms with Crippen molar-refractivity contribution in [3.8, 4) is 0 Å². The van der Waals surface area contributed by atoms with Crippen LogP contribution in [-0.4, -0.2) is 33.3 Å². The van der Waals surface area contributed by atoms with E-state index in [0.29, 0.717) is 24.3 Å². The number of aryl methyl sites for hydroxylation is 3. The van der Waals surface area contributed by atoms with Gasteiger partial charge in [0, 0.05) is 24.3 Å². The Morgan fingerprint density at radius 2 is 1.66 bits per heavy atom. The van der Waals surface area contributed by atoms with E-state index in [4.69, 9.17) is 0 Å². The molecule has 0 aliphatic carbocycles. The fourth-order valence-electron chi connectivity index (χ4n) is 4.13. The van der Waals surface area contributed by atoms with Gasteiger partial charge in [-0.1, -0.05) is 30.3 Å². The third-order valence-electron chi connectivity index (χ3n) is 6.25. The molecule has 0 atom stereocenters. The Morgan fingerprint density at radius 3 is 2.31 bits per heavy atom. The van der Waals surface area contributed by atoms with Crippen LogP contribution in [0.5, 0.6) is 0 Å². The second-order valence-electron chi connectivity index (χ2n) is 8.79. The van der Waals surface area contributed by atoms with Gasteiger partial charge < -0.3 is 10.2 Å². The molecule has 1 aliphatic heterocycles. The predicted molar refractivity (Wildman–Crippen MR) is 138 cm³/mol. The maximum Gasteiger partial charge on any atom is 0.264 e. The van der Waals surface area contributed by atoms with Crippen LogP contribution < -0.4 is 14.5 Å². The highest BCUT2D eigenvalue weighted by Crippen LogP contribution is 2.29. The van der Waals surface area contributed by atoms with Gasteiger partial charge in [0.15, 0.2) is 0 Å². The zero-order valence-electron chi connectivity index (χ0n) is 20.1. The van der Waals surface area contributed by atoms with Crippen molar-refractivity contribution in [3.63, 3.8) is 0 Å². The quantitative estimate of drug-likeness (QED) is 0.524. The minimum Gasteiger partial charge on any atom is -0.324 e.